The standard InChI is InChI=1S/C6H6F7N/c7-4(8)1-3(4,2-14)5(9,10)6(11,12)13/h1-2,14H2. The van der Waals surface area contributed by atoms with Crippen molar-refractivity contribution in [1.82, 2.24) is 0 Å². The van der Waals surface area contributed by atoms with Crippen LogP contribution in [0.15, 0.2) is 0 Å². The van der Waals surface area contributed by atoms with Crippen LogP contribution in [0.1, 0.15) is 6.42 Å². The van der Waals surface area contributed by atoms with Gasteiger partial charge in [0.25, 0.3) is 5.92 Å². The summed E-state index contributed by atoms with van der Waals surface area (Å²) in [7, 11) is 0. The summed E-state index contributed by atoms with van der Waals surface area (Å²) in [6, 6.07) is 0. The van der Waals surface area contributed by atoms with E-state index in [0.717, 1.165) is 0 Å². The molecular weight excluding hydrogens is 219 g/mol. The van der Waals surface area contributed by atoms with Gasteiger partial charge in [0.15, 0.2) is 0 Å². The first kappa shape index (κ1) is 11.5. The van der Waals surface area contributed by atoms with Gasteiger partial charge in [-0.15, -0.1) is 0 Å². The van der Waals surface area contributed by atoms with E-state index >= 15 is 0 Å². The maximum Gasteiger partial charge on any atom is 0.454 e. The molecule has 0 aromatic heterocycles. The second kappa shape index (κ2) is 2.53. The first-order chi connectivity index (χ1) is 6.02. The third-order valence-electron chi connectivity index (χ3n) is 2.40. The summed E-state index contributed by atoms with van der Waals surface area (Å²) in [6.07, 6.45) is -7.52. The number of halogens is 7. The van der Waals surface area contributed by atoms with Crippen molar-refractivity contribution in [2.75, 3.05) is 6.54 Å². The van der Waals surface area contributed by atoms with Crippen molar-refractivity contribution in [1.29, 1.82) is 0 Å². The summed E-state index contributed by atoms with van der Waals surface area (Å²) < 4.78 is 85.3. The fraction of sp³-hybridized carbons (Fsp3) is 1.00. The van der Waals surface area contributed by atoms with Crippen molar-refractivity contribution in [2.24, 2.45) is 11.1 Å². The Labute approximate surface area is 74.1 Å². The maximum absolute atomic E-state index is 12.6. The molecule has 0 saturated heterocycles. The third kappa shape index (κ3) is 1.12. The van der Waals surface area contributed by atoms with Crippen molar-refractivity contribution < 1.29 is 30.7 Å². The van der Waals surface area contributed by atoms with Crippen LogP contribution in [0.25, 0.3) is 0 Å². The highest BCUT2D eigenvalue weighted by Crippen LogP contribution is 2.70. The van der Waals surface area contributed by atoms with Crippen LogP contribution >= 0.6 is 0 Å². The predicted molar refractivity (Wildman–Crippen MR) is 32.1 cm³/mol. The van der Waals surface area contributed by atoms with Gasteiger partial charge in [-0.1, -0.05) is 0 Å². The molecule has 14 heavy (non-hydrogen) atoms. The summed E-state index contributed by atoms with van der Waals surface area (Å²) in [5, 5.41) is 0. The fourth-order valence-corrected chi connectivity index (χ4v) is 1.30. The summed E-state index contributed by atoms with van der Waals surface area (Å²) >= 11 is 0. The molecule has 0 aliphatic heterocycles. The van der Waals surface area contributed by atoms with Crippen molar-refractivity contribution in [3.05, 3.63) is 0 Å². The molecule has 0 amide bonds. The summed E-state index contributed by atoms with van der Waals surface area (Å²) in [4.78, 5) is 0. The molecule has 0 bridgehead atoms. The lowest BCUT2D eigenvalue weighted by molar-refractivity contribution is -0.317. The highest BCUT2D eigenvalue weighted by molar-refractivity contribution is 5.19. The zero-order valence-corrected chi connectivity index (χ0v) is 6.64. The van der Waals surface area contributed by atoms with Crippen molar-refractivity contribution in [3.63, 3.8) is 0 Å². The Bertz CT molecular complexity index is 245. The van der Waals surface area contributed by atoms with Crippen LogP contribution in [0, 0.1) is 5.41 Å². The monoisotopic (exact) mass is 225 g/mol. The molecular formula is C6H6F7N. The lowest BCUT2D eigenvalue weighted by Crippen LogP contribution is -2.50. The van der Waals surface area contributed by atoms with Gasteiger partial charge in [-0.2, -0.15) is 22.0 Å². The molecule has 1 saturated carbocycles. The molecule has 1 fully saturated rings. The highest BCUT2D eigenvalue weighted by Gasteiger charge is 2.88. The molecule has 2 N–H and O–H groups in total. The summed E-state index contributed by atoms with van der Waals surface area (Å²) in [5.74, 6) is -9.49. The van der Waals surface area contributed by atoms with Crippen LogP contribution < -0.4 is 5.73 Å². The van der Waals surface area contributed by atoms with Crippen molar-refractivity contribution in [3.8, 4) is 0 Å². The minimum absolute atomic E-state index is 1.40. The van der Waals surface area contributed by atoms with E-state index in [1.54, 1.807) is 0 Å². The van der Waals surface area contributed by atoms with E-state index < -0.39 is 36.4 Å². The molecule has 0 aromatic carbocycles. The zero-order valence-electron chi connectivity index (χ0n) is 6.64. The van der Waals surface area contributed by atoms with Crippen LogP contribution in [-0.4, -0.2) is 24.6 Å². The minimum Gasteiger partial charge on any atom is -0.329 e. The van der Waals surface area contributed by atoms with Crippen molar-refractivity contribution in [2.45, 2.75) is 24.4 Å². The minimum atomic E-state index is -5.99. The van der Waals surface area contributed by atoms with E-state index in [0.29, 0.717) is 0 Å². The van der Waals surface area contributed by atoms with E-state index in [1.807, 2.05) is 0 Å². The Morgan fingerprint density at radius 3 is 1.50 bits per heavy atom. The number of alkyl halides is 7. The second-order valence-electron chi connectivity index (χ2n) is 3.24. The summed E-state index contributed by atoms with van der Waals surface area (Å²) in [6.45, 7) is -1.40. The van der Waals surface area contributed by atoms with Crippen molar-refractivity contribution >= 4 is 0 Å². The van der Waals surface area contributed by atoms with E-state index in [1.165, 1.54) is 0 Å². The first-order valence-corrected chi connectivity index (χ1v) is 3.54. The van der Waals surface area contributed by atoms with Crippen LogP contribution in [0.2, 0.25) is 0 Å². The van der Waals surface area contributed by atoms with Crippen LogP contribution in [0.4, 0.5) is 30.7 Å². The topological polar surface area (TPSA) is 26.0 Å². The van der Waals surface area contributed by atoms with Gasteiger partial charge in [0.1, 0.15) is 5.41 Å². The number of hydrogen-bond donors (Lipinski definition) is 1. The first-order valence-electron chi connectivity index (χ1n) is 3.54. The molecule has 1 aliphatic carbocycles. The Morgan fingerprint density at radius 1 is 1.07 bits per heavy atom. The van der Waals surface area contributed by atoms with Gasteiger partial charge >= 0.3 is 12.1 Å². The Morgan fingerprint density at radius 2 is 1.43 bits per heavy atom. The Hall–Kier alpha value is -0.530. The highest BCUT2D eigenvalue weighted by atomic mass is 19.4. The molecule has 0 spiro atoms. The van der Waals surface area contributed by atoms with Gasteiger partial charge in [0, 0.05) is 13.0 Å². The summed E-state index contributed by atoms with van der Waals surface area (Å²) in [5.41, 5.74) is 1.12. The predicted octanol–water partition coefficient (Wildman–Crippen LogP) is 2.17. The van der Waals surface area contributed by atoms with Gasteiger partial charge in [-0.3, -0.25) is 0 Å². The molecule has 0 heterocycles. The van der Waals surface area contributed by atoms with Gasteiger partial charge in [-0.25, -0.2) is 8.78 Å². The van der Waals surface area contributed by atoms with Crippen LogP contribution in [0.5, 0.6) is 0 Å². The van der Waals surface area contributed by atoms with Gasteiger partial charge in [-0.05, 0) is 0 Å². The Balaban J connectivity index is 3.05. The van der Waals surface area contributed by atoms with Gasteiger partial charge in [0.2, 0.25) is 0 Å². The molecule has 8 heteroatoms. The molecule has 1 rings (SSSR count). The zero-order chi connectivity index (χ0) is 11.4. The van der Waals surface area contributed by atoms with E-state index in [-0.39, 0.29) is 0 Å². The fourth-order valence-electron chi connectivity index (χ4n) is 1.30. The third-order valence-corrected chi connectivity index (χ3v) is 2.40. The maximum atomic E-state index is 12.6. The molecule has 84 valence electrons. The molecule has 1 atom stereocenters. The van der Waals surface area contributed by atoms with Gasteiger partial charge < -0.3 is 5.73 Å². The van der Waals surface area contributed by atoms with Crippen LogP contribution in [-0.2, 0) is 0 Å². The molecule has 1 aliphatic rings. The molecule has 0 radical (unpaired) electrons. The van der Waals surface area contributed by atoms with E-state index in [4.69, 9.17) is 0 Å². The average Bonchev–Trinajstić information content (AvgIpc) is 2.52. The average molecular weight is 225 g/mol. The lowest BCUT2D eigenvalue weighted by Gasteiger charge is -2.27. The number of hydrogen-bond acceptors (Lipinski definition) is 1. The van der Waals surface area contributed by atoms with Gasteiger partial charge in [0.05, 0.1) is 0 Å². The number of rotatable bonds is 2. The van der Waals surface area contributed by atoms with Crippen LogP contribution in [0.3, 0.4) is 0 Å². The smallest absolute Gasteiger partial charge is 0.329 e. The number of nitrogens with two attached hydrogens (primary N) is 1. The molecule has 1 unspecified atom stereocenters. The van der Waals surface area contributed by atoms with E-state index in [9.17, 15) is 30.7 Å². The largest absolute Gasteiger partial charge is 0.454 e. The quantitative estimate of drug-likeness (QED) is 0.716. The molecule has 0 aromatic rings. The Kier molecular flexibility index (Phi) is 2.09. The lowest BCUT2D eigenvalue weighted by atomic mass is 9.97. The van der Waals surface area contributed by atoms with E-state index in [2.05, 4.69) is 5.73 Å². The SMILES string of the molecule is NCC1(C(F)(F)C(F)(F)F)CC1(F)F. The normalized spacial score (nSPS) is 31.7. The second-order valence-corrected chi connectivity index (χ2v) is 3.24. The molecule has 1 nitrogen and oxygen atoms in total.